The first-order chi connectivity index (χ1) is 13.4. The normalized spacial score (nSPS) is 22.0. The summed E-state index contributed by atoms with van der Waals surface area (Å²) in [6.45, 7) is 5.40. The van der Waals surface area contributed by atoms with Crippen LogP contribution in [0, 0.1) is 5.92 Å². The Bertz CT molecular complexity index is 927. The predicted molar refractivity (Wildman–Crippen MR) is 118 cm³/mol. The van der Waals surface area contributed by atoms with Crippen LogP contribution in [0.1, 0.15) is 37.8 Å². The molecule has 2 aliphatic rings. The fraction of sp³-hybridized carbons (Fsp3) is 0.409. The lowest BCUT2D eigenvalue weighted by Gasteiger charge is -2.25. The number of benzene rings is 2. The summed E-state index contributed by atoms with van der Waals surface area (Å²) in [5.41, 5.74) is 3.33. The van der Waals surface area contributed by atoms with Crippen LogP contribution in [0.25, 0.3) is 0 Å². The molecule has 0 radical (unpaired) electrons. The van der Waals surface area contributed by atoms with Crippen LogP contribution in [-0.2, 0) is 27.0 Å². The second kappa shape index (κ2) is 7.64. The Morgan fingerprint density at radius 1 is 1.25 bits per heavy atom. The first-order valence-corrected chi connectivity index (χ1v) is 12.0. The second-order valence-electron chi connectivity index (χ2n) is 7.96. The predicted octanol–water partition coefficient (Wildman–Crippen LogP) is 4.92. The summed E-state index contributed by atoms with van der Waals surface area (Å²) in [6, 6.07) is 13.9. The molecular formula is C22H26BrN2O2S+. The van der Waals surface area contributed by atoms with Crippen molar-refractivity contribution >= 4 is 38.4 Å². The number of halogens is 1. The molecular weight excluding hydrogens is 436 g/mol. The van der Waals surface area contributed by atoms with Gasteiger partial charge in [0, 0.05) is 28.7 Å². The van der Waals surface area contributed by atoms with Gasteiger partial charge < -0.3 is 5.32 Å². The number of hydrogen-bond acceptors (Lipinski definition) is 2. The molecule has 4 rings (SSSR count). The van der Waals surface area contributed by atoms with E-state index < -0.39 is 10.8 Å². The van der Waals surface area contributed by atoms with Crippen LogP contribution < -0.4 is 10.2 Å². The quantitative estimate of drug-likeness (QED) is 0.507. The van der Waals surface area contributed by atoms with Crippen LogP contribution in [0.4, 0.5) is 10.5 Å². The summed E-state index contributed by atoms with van der Waals surface area (Å²) >= 11 is 3.59. The highest BCUT2D eigenvalue weighted by Crippen LogP contribution is 2.54. The van der Waals surface area contributed by atoms with E-state index in [1.807, 2.05) is 48.2 Å². The van der Waals surface area contributed by atoms with Gasteiger partial charge >= 0.3 is 6.03 Å². The molecule has 2 aromatic carbocycles. The van der Waals surface area contributed by atoms with E-state index in [1.54, 1.807) is 0 Å². The van der Waals surface area contributed by atoms with Gasteiger partial charge in [0.05, 0.1) is 0 Å². The third kappa shape index (κ3) is 3.64. The minimum absolute atomic E-state index is 0.0313. The lowest BCUT2D eigenvalue weighted by molar-refractivity contribution is 0.244. The lowest BCUT2D eigenvalue weighted by atomic mass is 9.80. The molecule has 0 spiro atoms. The third-order valence-corrected chi connectivity index (χ3v) is 7.97. The van der Waals surface area contributed by atoms with Crippen molar-refractivity contribution in [2.24, 2.45) is 5.92 Å². The molecule has 2 aromatic rings. The molecule has 0 bridgehead atoms. The highest BCUT2D eigenvalue weighted by molar-refractivity contribution is 9.10. The van der Waals surface area contributed by atoms with Crippen LogP contribution in [-0.4, -0.2) is 18.3 Å². The van der Waals surface area contributed by atoms with E-state index in [0.29, 0.717) is 18.2 Å². The van der Waals surface area contributed by atoms with E-state index in [-0.39, 0.29) is 11.4 Å². The molecule has 1 fully saturated rings. The maximum atomic E-state index is 13.0. The van der Waals surface area contributed by atoms with Crippen molar-refractivity contribution in [3.63, 3.8) is 0 Å². The standard InChI is InChI=1S/C22H25BrN2O2S/c1-3-28(27)18-9-4-15(5-10-18)13-24-21(26)25-14-22(2,16-6-7-16)19-12-17(23)8-11-20(19)25/h4-5,8-12,16H,3,6-7,13-14H2,1-2H3,(H,24,26)/p+1. The molecule has 2 amide bonds. The van der Waals surface area contributed by atoms with Gasteiger partial charge in [-0.3, -0.25) is 4.90 Å². The summed E-state index contributed by atoms with van der Waals surface area (Å²) in [6.07, 6.45) is 2.48. The van der Waals surface area contributed by atoms with Crippen molar-refractivity contribution in [3.05, 3.63) is 58.1 Å². The molecule has 4 nitrogen and oxygen atoms in total. The zero-order valence-electron chi connectivity index (χ0n) is 16.2. The number of nitrogens with zero attached hydrogens (tertiary/aromatic N) is 1. The molecule has 1 heterocycles. The highest BCUT2D eigenvalue weighted by atomic mass is 79.9. The first kappa shape index (κ1) is 19.6. The molecule has 148 valence electrons. The van der Waals surface area contributed by atoms with Crippen LogP contribution in [0.2, 0.25) is 0 Å². The summed E-state index contributed by atoms with van der Waals surface area (Å²) < 4.78 is 13.0. The topological polar surface area (TPSA) is 49.4 Å². The summed E-state index contributed by atoms with van der Waals surface area (Å²) in [5, 5.41) is 3.06. The Hall–Kier alpha value is -1.66. The van der Waals surface area contributed by atoms with Gasteiger partial charge in [-0.1, -0.05) is 35.0 Å². The number of hydrogen-bond donors (Lipinski definition) is 1. The minimum Gasteiger partial charge on any atom is -0.334 e. The van der Waals surface area contributed by atoms with Crippen molar-refractivity contribution in [1.29, 1.82) is 0 Å². The molecule has 1 aliphatic heterocycles. The number of carbonyl (C=O) groups excluding carboxylic acids is 1. The van der Waals surface area contributed by atoms with Gasteiger partial charge in [-0.05, 0) is 67.1 Å². The van der Waals surface area contributed by atoms with Gasteiger partial charge in [0.15, 0.2) is 4.90 Å². The van der Waals surface area contributed by atoms with Gasteiger partial charge in [0.1, 0.15) is 16.6 Å². The molecule has 28 heavy (non-hydrogen) atoms. The largest absolute Gasteiger partial charge is 0.334 e. The van der Waals surface area contributed by atoms with Gasteiger partial charge in [0.2, 0.25) is 0 Å². The van der Waals surface area contributed by atoms with Gasteiger partial charge in [-0.2, -0.15) is 0 Å². The Kier molecular flexibility index (Phi) is 5.36. The number of nitrogens with one attached hydrogen (secondary N) is 1. The van der Waals surface area contributed by atoms with E-state index in [1.165, 1.54) is 18.4 Å². The van der Waals surface area contributed by atoms with Crippen molar-refractivity contribution in [2.45, 2.75) is 43.5 Å². The molecule has 1 aliphatic carbocycles. The van der Waals surface area contributed by atoms with Gasteiger partial charge in [-0.25, -0.2) is 4.79 Å². The maximum Gasteiger partial charge on any atom is 0.322 e. The smallest absolute Gasteiger partial charge is 0.322 e. The number of thiol groups is 1. The van der Waals surface area contributed by atoms with E-state index in [9.17, 15) is 9.00 Å². The lowest BCUT2D eigenvalue weighted by Crippen LogP contribution is -2.42. The number of fused-ring (bicyclic) bond motifs is 1. The molecule has 0 saturated heterocycles. The summed E-state index contributed by atoms with van der Waals surface area (Å²) in [5.74, 6) is 1.31. The van der Waals surface area contributed by atoms with Crippen molar-refractivity contribution in [2.75, 3.05) is 17.2 Å². The Morgan fingerprint density at radius 3 is 2.61 bits per heavy atom. The molecule has 6 heteroatoms. The minimum atomic E-state index is -1.31. The van der Waals surface area contributed by atoms with Crippen LogP contribution >= 0.6 is 15.9 Å². The van der Waals surface area contributed by atoms with E-state index in [2.05, 4.69) is 34.2 Å². The Labute approximate surface area is 177 Å². The molecule has 1 N–H and O–H groups in total. The van der Waals surface area contributed by atoms with E-state index >= 15 is 0 Å². The molecule has 1 saturated carbocycles. The van der Waals surface area contributed by atoms with Crippen molar-refractivity contribution in [3.8, 4) is 0 Å². The molecule has 0 aromatic heterocycles. The number of amides is 2. The summed E-state index contributed by atoms with van der Waals surface area (Å²) in [4.78, 5) is 15.7. The van der Waals surface area contributed by atoms with Gasteiger partial charge in [-0.15, -0.1) is 4.21 Å². The fourth-order valence-corrected chi connectivity index (χ4v) is 5.39. The van der Waals surface area contributed by atoms with Gasteiger partial charge in [0.25, 0.3) is 0 Å². The zero-order chi connectivity index (χ0) is 19.9. The number of rotatable bonds is 5. The maximum absolute atomic E-state index is 13.0. The van der Waals surface area contributed by atoms with Crippen molar-refractivity contribution in [1.82, 2.24) is 5.32 Å². The van der Waals surface area contributed by atoms with Crippen LogP contribution in [0.3, 0.4) is 0 Å². The average Bonchev–Trinajstić information content (AvgIpc) is 3.52. The van der Waals surface area contributed by atoms with Crippen LogP contribution in [0.15, 0.2) is 51.8 Å². The number of anilines is 1. The van der Waals surface area contributed by atoms with E-state index in [4.69, 9.17) is 0 Å². The van der Waals surface area contributed by atoms with Crippen molar-refractivity contribution < 1.29 is 9.00 Å². The Morgan fingerprint density at radius 2 is 1.96 bits per heavy atom. The highest BCUT2D eigenvalue weighted by Gasteiger charge is 2.50. The van der Waals surface area contributed by atoms with E-state index in [0.717, 1.165) is 27.2 Å². The SMILES string of the molecule is CC[SH+](=O)c1ccc(CNC(=O)N2CC(C)(C3CC3)c3cc(Br)ccc32)cc1. The Balaban J connectivity index is 1.48. The molecule has 2 unspecified atom stereocenters. The molecule has 2 atom stereocenters. The third-order valence-electron chi connectivity index (χ3n) is 6.03. The number of urea groups is 1. The number of carbonyl (C=O) groups is 1. The second-order valence-corrected chi connectivity index (χ2v) is 10.8. The first-order valence-electron chi connectivity index (χ1n) is 9.81. The summed E-state index contributed by atoms with van der Waals surface area (Å²) in [7, 11) is -1.31. The average molecular weight is 462 g/mol. The van der Waals surface area contributed by atoms with Crippen LogP contribution in [0.5, 0.6) is 0 Å². The fourth-order valence-electron chi connectivity index (χ4n) is 4.19. The monoisotopic (exact) mass is 461 g/mol. The zero-order valence-corrected chi connectivity index (χ0v) is 18.7.